The summed E-state index contributed by atoms with van der Waals surface area (Å²) in [6, 6.07) is 7.92. The Labute approximate surface area is 147 Å². The van der Waals surface area contributed by atoms with Gasteiger partial charge < -0.3 is 19.5 Å². The molecule has 5 heteroatoms. The van der Waals surface area contributed by atoms with Crippen molar-refractivity contribution in [1.29, 1.82) is 0 Å². The van der Waals surface area contributed by atoms with Crippen molar-refractivity contribution >= 4 is 11.6 Å². The van der Waals surface area contributed by atoms with E-state index < -0.39 is 0 Å². The largest absolute Gasteiger partial charge is 0.496 e. The number of aryl methyl sites for hydroxylation is 1. The standard InChI is InChI=1S/C19H22ClNO3/c1-11-9-12(20)10-15(18(11)23-3)17-13-5-6-16(22-2)19(24-4)14(13)7-8-21-17/h5-6,9-10,17,21H,7-8H2,1-4H3. The van der Waals surface area contributed by atoms with Gasteiger partial charge in [-0.05, 0) is 42.7 Å². The zero-order valence-electron chi connectivity index (χ0n) is 14.4. The zero-order chi connectivity index (χ0) is 17.3. The first-order valence-electron chi connectivity index (χ1n) is 7.91. The van der Waals surface area contributed by atoms with Crippen molar-refractivity contribution in [3.05, 3.63) is 51.5 Å². The quantitative estimate of drug-likeness (QED) is 0.910. The van der Waals surface area contributed by atoms with Gasteiger partial charge in [0.1, 0.15) is 5.75 Å². The van der Waals surface area contributed by atoms with Crippen LogP contribution in [0.2, 0.25) is 5.02 Å². The normalized spacial score (nSPS) is 16.5. The highest BCUT2D eigenvalue weighted by Crippen LogP contribution is 2.42. The zero-order valence-corrected chi connectivity index (χ0v) is 15.2. The van der Waals surface area contributed by atoms with Crippen molar-refractivity contribution in [3.63, 3.8) is 0 Å². The fourth-order valence-corrected chi connectivity index (χ4v) is 3.79. The molecule has 24 heavy (non-hydrogen) atoms. The first-order chi connectivity index (χ1) is 11.6. The second kappa shape index (κ2) is 6.91. The first kappa shape index (κ1) is 16.9. The summed E-state index contributed by atoms with van der Waals surface area (Å²) < 4.78 is 16.7. The van der Waals surface area contributed by atoms with E-state index in [9.17, 15) is 0 Å². The van der Waals surface area contributed by atoms with E-state index >= 15 is 0 Å². The molecule has 2 aromatic carbocycles. The number of rotatable bonds is 4. The Morgan fingerprint density at radius 3 is 2.42 bits per heavy atom. The Hall–Kier alpha value is -1.91. The van der Waals surface area contributed by atoms with Crippen LogP contribution in [0.5, 0.6) is 17.2 Å². The molecule has 0 aliphatic carbocycles. The highest BCUT2D eigenvalue weighted by Gasteiger charge is 2.28. The van der Waals surface area contributed by atoms with Crippen LogP contribution in [0.4, 0.5) is 0 Å². The van der Waals surface area contributed by atoms with Crippen molar-refractivity contribution in [2.45, 2.75) is 19.4 Å². The number of nitrogens with one attached hydrogen (secondary N) is 1. The number of hydrogen-bond acceptors (Lipinski definition) is 4. The van der Waals surface area contributed by atoms with Gasteiger partial charge in [0.05, 0.1) is 27.4 Å². The van der Waals surface area contributed by atoms with Crippen LogP contribution < -0.4 is 19.5 Å². The van der Waals surface area contributed by atoms with Gasteiger partial charge in [-0.1, -0.05) is 17.7 Å². The lowest BCUT2D eigenvalue weighted by Gasteiger charge is -2.30. The summed E-state index contributed by atoms with van der Waals surface area (Å²) in [5.74, 6) is 2.42. The van der Waals surface area contributed by atoms with Crippen molar-refractivity contribution < 1.29 is 14.2 Å². The maximum absolute atomic E-state index is 6.30. The molecule has 0 bridgehead atoms. The number of ether oxygens (including phenoxy) is 3. The van der Waals surface area contributed by atoms with E-state index in [1.165, 1.54) is 11.1 Å². The second-order valence-corrected chi connectivity index (χ2v) is 6.29. The molecule has 1 heterocycles. The third-order valence-electron chi connectivity index (χ3n) is 4.50. The number of methoxy groups -OCH3 is 3. The van der Waals surface area contributed by atoms with Crippen molar-refractivity contribution in [2.24, 2.45) is 0 Å². The second-order valence-electron chi connectivity index (χ2n) is 5.85. The first-order valence-corrected chi connectivity index (χ1v) is 8.29. The molecule has 1 atom stereocenters. The molecule has 0 fully saturated rings. The Balaban J connectivity index is 2.18. The monoisotopic (exact) mass is 347 g/mol. The van der Waals surface area contributed by atoms with Crippen LogP contribution >= 0.6 is 11.6 Å². The Morgan fingerprint density at radius 2 is 1.75 bits per heavy atom. The van der Waals surface area contributed by atoms with Gasteiger partial charge in [-0.25, -0.2) is 0 Å². The minimum atomic E-state index is 0.000839. The van der Waals surface area contributed by atoms with Crippen LogP contribution in [0, 0.1) is 6.92 Å². The summed E-state index contributed by atoms with van der Waals surface area (Å²) in [7, 11) is 5.03. The minimum absolute atomic E-state index is 0.000839. The molecule has 3 rings (SSSR count). The third kappa shape index (κ3) is 2.80. The highest BCUT2D eigenvalue weighted by atomic mass is 35.5. The summed E-state index contributed by atoms with van der Waals surface area (Å²) in [6.45, 7) is 2.85. The van der Waals surface area contributed by atoms with Crippen molar-refractivity contribution in [2.75, 3.05) is 27.9 Å². The molecule has 1 unspecified atom stereocenters. The SMILES string of the molecule is COc1ccc2c(c1OC)CCNC2c1cc(Cl)cc(C)c1OC. The molecule has 4 nitrogen and oxygen atoms in total. The lowest BCUT2D eigenvalue weighted by Crippen LogP contribution is -2.31. The lowest BCUT2D eigenvalue weighted by atomic mass is 9.88. The maximum atomic E-state index is 6.30. The lowest BCUT2D eigenvalue weighted by molar-refractivity contribution is 0.348. The molecule has 1 aliphatic rings. The van der Waals surface area contributed by atoms with Crippen LogP contribution in [0.25, 0.3) is 0 Å². The minimum Gasteiger partial charge on any atom is -0.496 e. The summed E-state index contributed by atoms with van der Waals surface area (Å²) in [5.41, 5.74) is 4.39. The molecule has 0 saturated heterocycles. The molecular weight excluding hydrogens is 326 g/mol. The molecular formula is C19H22ClNO3. The summed E-state index contributed by atoms with van der Waals surface area (Å²) in [5, 5.41) is 4.28. The number of hydrogen-bond donors (Lipinski definition) is 1. The fraction of sp³-hybridized carbons (Fsp3) is 0.368. The van der Waals surface area contributed by atoms with Gasteiger partial charge in [0, 0.05) is 22.7 Å². The summed E-state index contributed by atoms with van der Waals surface area (Å²) in [4.78, 5) is 0. The molecule has 2 aromatic rings. The van der Waals surface area contributed by atoms with Crippen LogP contribution in [-0.2, 0) is 6.42 Å². The smallest absolute Gasteiger partial charge is 0.164 e. The molecule has 1 N–H and O–H groups in total. The van der Waals surface area contributed by atoms with E-state index in [0.29, 0.717) is 5.02 Å². The Kier molecular flexibility index (Phi) is 4.88. The summed E-state index contributed by atoms with van der Waals surface area (Å²) >= 11 is 6.30. The van der Waals surface area contributed by atoms with Crippen LogP contribution in [0.1, 0.15) is 28.3 Å². The molecule has 0 radical (unpaired) electrons. The number of halogens is 1. The van der Waals surface area contributed by atoms with Gasteiger partial charge in [0.2, 0.25) is 0 Å². The van der Waals surface area contributed by atoms with E-state index in [-0.39, 0.29) is 6.04 Å². The van der Waals surface area contributed by atoms with Crippen LogP contribution in [0.3, 0.4) is 0 Å². The van der Waals surface area contributed by atoms with E-state index in [4.69, 9.17) is 25.8 Å². The molecule has 1 aliphatic heterocycles. The van der Waals surface area contributed by atoms with Gasteiger partial charge in [-0.3, -0.25) is 0 Å². The van der Waals surface area contributed by atoms with Crippen LogP contribution in [-0.4, -0.2) is 27.9 Å². The molecule has 128 valence electrons. The summed E-state index contributed by atoms with van der Waals surface area (Å²) in [6.07, 6.45) is 0.883. The molecule has 0 amide bonds. The van der Waals surface area contributed by atoms with Gasteiger partial charge in [-0.2, -0.15) is 0 Å². The fourth-order valence-electron chi connectivity index (χ4n) is 3.51. The molecule has 0 aromatic heterocycles. The maximum Gasteiger partial charge on any atom is 0.164 e. The van der Waals surface area contributed by atoms with E-state index in [1.54, 1.807) is 21.3 Å². The van der Waals surface area contributed by atoms with Crippen molar-refractivity contribution in [3.8, 4) is 17.2 Å². The Bertz CT molecular complexity index is 761. The number of benzene rings is 2. The van der Waals surface area contributed by atoms with Crippen LogP contribution in [0.15, 0.2) is 24.3 Å². The van der Waals surface area contributed by atoms with Crippen molar-refractivity contribution in [1.82, 2.24) is 5.32 Å². The van der Waals surface area contributed by atoms with E-state index in [1.807, 2.05) is 25.1 Å². The predicted molar refractivity (Wildman–Crippen MR) is 95.8 cm³/mol. The van der Waals surface area contributed by atoms with Gasteiger partial charge >= 0.3 is 0 Å². The third-order valence-corrected chi connectivity index (χ3v) is 4.72. The van der Waals surface area contributed by atoms with Gasteiger partial charge in [0.15, 0.2) is 11.5 Å². The highest BCUT2D eigenvalue weighted by molar-refractivity contribution is 6.30. The molecule has 0 spiro atoms. The predicted octanol–water partition coefficient (Wildman–Crippen LogP) is 3.91. The van der Waals surface area contributed by atoms with E-state index in [2.05, 4.69) is 11.4 Å². The number of fused-ring (bicyclic) bond motifs is 1. The van der Waals surface area contributed by atoms with Gasteiger partial charge in [-0.15, -0.1) is 0 Å². The average Bonchev–Trinajstić information content (AvgIpc) is 2.59. The molecule has 0 saturated carbocycles. The topological polar surface area (TPSA) is 39.7 Å². The van der Waals surface area contributed by atoms with Gasteiger partial charge in [0.25, 0.3) is 0 Å². The van der Waals surface area contributed by atoms with E-state index in [0.717, 1.165) is 41.3 Å². The average molecular weight is 348 g/mol. The Morgan fingerprint density at radius 1 is 1.00 bits per heavy atom.